The van der Waals surface area contributed by atoms with Crippen LogP contribution in [0.3, 0.4) is 0 Å². The normalized spacial score (nSPS) is 21.0. The first-order valence-electron chi connectivity index (χ1n) is 8.38. The van der Waals surface area contributed by atoms with E-state index in [0.29, 0.717) is 23.4 Å². The smallest absolute Gasteiger partial charge is 0.233 e. The van der Waals surface area contributed by atoms with Crippen LogP contribution in [0.4, 0.5) is 0 Å². The second-order valence-corrected chi connectivity index (χ2v) is 7.49. The number of aromatic nitrogens is 3. The monoisotopic (exact) mass is 348 g/mol. The Morgan fingerprint density at radius 3 is 2.79 bits per heavy atom. The van der Waals surface area contributed by atoms with E-state index in [4.69, 9.17) is 4.42 Å². The molecular formula is C17H24N4O2S. The minimum atomic E-state index is 0.155. The molecule has 6 nitrogen and oxygen atoms in total. The summed E-state index contributed by atoms with van der Waals surface area (Å²) in [7, 11) is 3.81. The molecule has 2 heterocycles. The molecule has 1 amide bonds. The van der Waals surface area contributed by atoms with Crippen LogP contribution in [0, 0.1) is 5.92 Å². The van der Waals surface area contributed by atoms with Gasteiger partial charge in [0.2, 0.25) is 5.91 Å². The Hall–Kier alpha value is -1.76. The molecule has 0 N–H and O–H groups in total. The summed E-state index contributed by atoms with van der Waals surface area (Å²) >= 11 is 1.42. The van der Waals surface area contributed by atoms with Crippen molar-refractivity contribution < 1.29 is 9.21 Å². The fourth-order valence-corrected chi connectivity index (χ4v) is 3.96. The lowest BCUT2D eigenvalue weighted by molar-refractivity contribution is -0.129. The molecular weight excluding hydrogens is 324 g/mol. The van der Waals surface area contributed by atoms with Crippen molar-refractivity contribution in [2.45, 2.75) is 43.8 Å². The quantitative estimate of drug-likeness (QED) is 0.777. The lowest BCUT2D eigenvalue weighted by Crippen LogP contribution is -2.40. The van der Waals surface area contributed by atoms with Crippen molar-refractivity contribution in [1.29, 1.82) is 0 Å². The Bertz CT molecular complexity index is 675. The van der Waals surface area contributed by atoms with Crippen LogP contribution >= 0.6 is 11.8 Å². The van der Waals surface area contributed by atoms with Crippen LogP contribution in [-0.4, -0.2) is 44.4 Å². The fourth-order valence-electron chi connectivity index (χ4n) is 3.12. The van der Waals surface area contributed by atoms with Crippen LogP contribution in [-0.2, 0) is 11.8 Å². The summed E-state index contributed by atoms with van der Waals surface area (Å²) in [4.78, 5) is 14.4. The van der Waals surface area contributed by atoms with Gasteiger partial charge in [-0.15, -0.1) is 10.2 Å². The summed E-state index contributed by atoms with van der Waals surface area (Å²) in [6.45, 7) is 2.29. The van der Waals surface area contributed by atoms with Crippen LogP contribution in [0.25, 0.3) is 11.6 Å². The minimum absolute atomic E-state index is 0.155. The minimum Gasteiger partial charge on any atom is -0.461 e. The standard InChI is InChI=1S/C17H24N4O2S/c1-12-6-8-13(9-7-12)20(2)15(22)11-24-17-19-18-16(21(17)3)14-5-4-10-23-14/h4-5,10,12-13H,6-9,11H2,1-3H3. The van der Waals surface area contributed by atoms with Gasteiger partial charge in [-0.05, 0) is 43.7 Å². The van der Waals surface area contributed by atoms with Crippen molar-refractivity contribution in [3.63, 3.8) is 0 Å². The summed E-state index contributed by atoms with van der Waals surface area (Å²) in [5, 5.41) is 9.05. The number of amides is 1. The molecule has 24 heavy (non-hydrogen) atoms. The second kappa shape index (κ2) is 7.42. The van der Waals surface area contributed by atoms with E-state index in [1.54, 1.807) is 6.26 Å². The maximum Gasteiger partial charge on any atom is 0.233 e. The van der Waals surface area contributed by atoms with E-state index in [-0.39, 0.29) is 5.91 Å². The van der Waals surface area contributed by atoms with Gasteiger partial charge in [0.1, 0.15) is 0 Å². The van der Waals surface area contributed by atoms with Gasteiger partial charge in [-0.3, -0.25) is 4.79 Å². The third kappa shape index (κ3) is 3.66. The van der Waals surface area contributed by atoms with Crippen LogP contribution in [0.2, 0.25) is 0 Å². The molecule has 2 aromatic rings. The number of nitrogens with zero attached hydrogens (tertiary/aromatic N) is 4. The van der Waals surface area contributed by atoms with E-state index in [1.165, 1.54) is 24.6 Å². The summed E-state index contributed by atoms with van der Waals surface area (Å²) in [5.41, 5.74) is 0. The Morgan fingerprint density at radius 1 is 1.38 bits per heavy atom. The molecule has 2 aromatic heterocycles. The Morgan fingerprint density at radius 2 is 2.12 bits per heavy atom. The van der Waals surface area contributed by atoms with Crippen molar-refractivity contribution in [2.75, 3.05) is 12.8 Å². The fraction of sp³-hybridized carbons (Fsp3) is 0.588. The number of carbonyl (C=O) groups is 1. The zero-order valence-corrected chi connectivity index (χ0v) is 15.3. The van der Waals surface area contributed by atoms with Gasteiger partial charge in [0.25, 0.3) is 0 Å². The molecule has 0 radical (unpaired) electrons. The van der Waals surface area contributed by atoms with Gasteiger partial charge in [0.05, 0.1) is 12.0 Å². The van der Waals surface area contributed by atoms with Gasteiger partial charge in [0, 0.05) is 20.1 Å². The molecule has 130 valence electrons. The van der Waals surface area contributed by atoms with Crippen molar-refractivity contribution in [3.8, 4) is 11.6 Å². The highest BCUT2D eigenvalue weighted by atomic mass is 32.2. The highest BCUT2D eigenvalue weighted by molar-refractivity contribution is 7.99. The number of hydrogen-bond acceptors (Lipinski definition) is 5. The van der Waals surface area contributed by atoms with Crippen LogP contribution in [0.5, 0.6) is 0 Å². The highest BCUT2D eigenvalue weighted by Crippen LogP contribution is 2.27. The first-order valence-corrected chi connectivity index (χ1v) is 9.36. The van der Waals surface area contributed by atoms with E-state index in [1.807, 2.05) is 35.7 Å². The van der Waals surface area contributed by atoms with Crippen molar-refractivity contribution in [2.24, 2.45) is 13.0 Å². The Balaban J connectivity index is 1.56. The van der Waals surface area contributed by atoms with Crippen LogP contribution < -0.4 is 0 Å². The first-order chi connectivity index (χ1) is 11.6. The molecule has 0 saturated heterocycles. The molecule has 1 aliphatic carbocycles. The largest absolute Gasteiger partial charge is 0.461 e. The molecule has 0 unspecified atom stereocenters. The number of thioether (sulfide) groups is 1. The molecule has 1 fully saturated rings. The van der Waals surface area contributed by atoms with Gasteiger partial charge < -0.3 is 13.9 Å². The lowest BCUT2D eigenvalue weighted by Gasteiger charge is -2.33. The zero-order valence-electron chi connectivity index (χ0n) is 14.4. The van der Waals surface area contributed by atoms with Gasteiger partial charge in [-0.25, -0.2) is 0 Å². The predicted octanol–water partition coefficient (Wildman–Crippen LogP) is 3.20. The maximum atomic E-state index is 12.5. The third-order valence-corrected chi connectivity index (χ3v) is 5.83. The summed E-state index contributed by atoms with van der Waals surface area (Å²) in [6, 6.07) is 4.05. The van der Waals surface area contributed by atoms with Gasteiger partial charge >= 0.3 is 0 Å². The number of carbonyl (C=O) groups excluding carboxylic acids is 1. The summed E-state index contributed by atoms with van der Waals surface area (Å²) in [5.74, 6) is 2.67. The summed E-state index contributed by atoms with van der Waals surface area (Å²) in [6.07, 6.45) is 6.26. The third-order valence-electron chi connectivity index (χ3n) is 4.83. The van der Waals surface area contributed by atoms with Crippen molar-refractivity contribution >= 4 is 17.7 Å². The zero-order chi connectivity index (χ0) is 17.1. The van der Waals surface area contributed by atoms with E-state index in [0.717, 1.165) is 23.9 Å². The summed E-state index contributed by atoms with van der Waals surface area (Å²) < 4.78 is 7.22. The topological polar surface area (TPSA) is 64.2 Å². The molecule has 0 spiro atoms. The molecule has 0 bridgehead atoms. The Labute approximate surface area is 146 Å². The maximum absolute atomic E-state index is 12.5. The molecule has 1 aliphatic rings. The number of furan rings is 1. The van der Waals surface area contributed by atoms with E-state index in [9.17, 15) is 4.79 Å². The van der Waals surface area contributed by atoms with Crippen molar-refractivity contribution in [3.05, 3.63) is 18.4 Å². The average Bonchev–Trinajstić information content (AvgIpc) is 3.22. The van der Waals surface area contributed by atoms with Gasteiger partial charge in [-0.1, -0.05) is 18.7 Å². The molecule has 0 atom stereocenters. The molecule has 3 rings (SSSR count). The van der Waals surface area contributed by atoms with Gasteiger partial charge in [-0.2, -0.15) is 0 Å². The number of rotatable bonds is 5. The van der Waals surface area contributed by atoms with Crippen LogP contribution in [0.15, 0.2) is 28.0 Å². The van der Waals surface area contributed by atoms with E-state index < -0.39 is 0 Å². The van der Waals surface area contributed by atoms with Gasteiger partial charge in [0.15, 0.2) is 16.7 Å². The highest BCUT2D eigenvalue weighted by Gasteiger charge is 2.25. The lowest BCUT2D eigenvalue weighted by atomic mass is 9.87. The first kappa shape index (κ1) is 17.1. The SMILES string of the molecule is CC1CCC(N(C)C(=O)CSc2nnc(-c3ccco3)n2C)CC1. The van der Waals surface area contributed by atoms with Crippen LogP contribution in [0.1, 0.15) is 32.6 Å². The molecule has 7 heteroatoms. The average molecular weight is 348 g/mol. The molecule has 0 aliphatic heterocycles. The van der Waals surface area contributed by atoms with E-state index in [2.05, 4.69) is 17.1 Å². The van der Waals surface area contributed by atoms with E-state index >= 15 is 0 Å². The van der Waals surface area contributed by atoms with Crippen molar-refractivity contribution in [1.82, 2.24) is 19.7 Å². The second-order valence-electron chi connectivity index (χ2n) is 6.55. The Kier molecular flexibility index (Phi) is 5.28. The number of hydrogen-bond donors (Lipinski definition) is 0. The molecule has 1 saturated carbocycles. The predicted molar refractivity (Wildman–Crippen MR) is 93.6 cm³/mol. The molecule has 0 aromatic carbocycles.